The first-order chi connectivity index (χ1) is 11.6. The molecule has 0 unspecified atom stereocenters. The minimum absolute atomic E-state index is 0.0135. The number of rotatable bonds is 5. The molecule has 2 aromatic rings. The minimum atomic E-state index is -0.453. The quantitative estimate of drug-likeness (QED) is 0.816. The Morgan fingerprint density at radius 3 is 2.33 bits per heavy atom. The Morgan fingerprint density at radius 2 is 1.79 bits per heavy atom. The number of ether oxygens (including phenoxy) is 2. The van der Waals surface area contributed by atoms with Gasteiger partial charge in [0, 0.05) is 10.5 Å². The fraction of sp³-hybridized carbons (Fsp3) is 0.316. The summed E-state index contributed by atoms with van der Waals surface area (Å²) in [5, 5.41) is 3.04. The lowest BCUT2D eigenvalue weighted by Gasteiger charge is -2.40. The maximum Gasteiger partial charge on any atom is 0.235 e. The summed E-state index contributed by atoms with van der Waals surface area (Å²) in [7, 11) is 3.18. The molecule has 0 atom stereocenters. The van der Waals surface area contributed by atoms with Gasteiger partial charge in [0.05, 0.1) is 25.3 Å². The summed E-state index contributed by atoms with van der Waals surface area (Å²) < 4.78 is 11.6. The van der Waals surface area contributed by atoms with E-state index in [9.17, 15) is 4.79 Å². The van der Waals surface area contributed by atoms with Crippen LogP contribution >= 0.6 is 15.9 Å². The van der Waals surface area contributed by atoms with Crippen molar-refractivity contribution < 1.29 is 14.3 Å². The number of carbonyl (C=O) groups is 1. The largest absolute Gasteiger partial charge is 0.497 e. The molecule has 0 aromatic heterocycles. The molecule has 0 heterocycles. The normalized spacial score (nSPS) is 15.3. The predicted octanol–water partition coefficient (Wildman–Crippen LogP) is 4.53. The molecule has 1 aliphatic carbocycles. The molecule has 3 rings (SSSR count). The summed E-state index contributed by atoms with van der Waals surface area (Å²) in [5.74, 6) is 1.30. The number of nitrogens with one attached hydrogen (secondary N) is 1. The second-order valence-electron chi connectivity index (χ2n) is 5.96. The molecule has 0 spiro atoms. The number of hydrogen-bond donors (Lipinski definition) is 1. The highest BCUT2D eigenvalue weighted by Crippen LogP contribution is 2.45. The first-order valence-corrected chi connectivity index (χ1v) is 8.68. The van der Waals surface area contributed by atoms with Gasteiger partial charge in [-0.3, -0.25) is 4.79 Å². The standard InChI is InChI=1S/C19H20BrNO3/c1-23-15-8-9-16(17(12-15)24-2)21-18(22)19(10-3-11-19)13-4-6-14(20)7-5-13/h4-9,12H,3,10-11H2,1-2H3,(H,21,22). The minimum Gasteiger partial charge on any atom is -0.497 e. The highest BCUT2D eigenvalue weighted by atomic mass is 79.9. The van der Waals surface area contributed by atoms with Crippen LogP contribution in [0.4, 0.5) is 5.69 Å². The van der Waals surface area contributed by atoms with Crippen molar-refractivity contribution in [3.05, 3.63) is 52.5 Å². The Hall–Kier alpha value is -2.01. The molecule has 5 heteroatoms. The fourth-order valence-corrected chi connectivity index (χ4v) is 3.35. The smallest absolute Gasteiger partial charge is 0.235 e. The van der Waals surface area contributed by atoms with Crippen molar-refractivity contribution in [3.8, 4) is 11.5 Å². The molecule has 0 radical (unpaired) electrons. The SMILES string of the molecule is COc1ccc(NC(=O)C2(c3ccc(Br)cc3)CCC2)c(OC)c1. The number of hydrogen-bond acceptors (Lipinski definition) is 3. The third-order valence-electron chi connectivity index (χ3n) is 4.70. The number of halogens is 1. The van der Waals surface area contributed by atoms with Gasteiger partial charge in [-0.15, -0.1) is 0 Å². The lowest BCUT2D eigenvalue weighted by molar-refractivity contribution is -0.124. The van der Waals surface area contributed by atoms with Gasteiger partial charge in [-0.05, 0) is 42.7 Å². The zero-order chi connectivity index (χ0) is 17.2. The third-order valence-corrected chi connectivity index (χ3v) is 5.22. The predicted molar refractivity (Wildman–Crippen MR) is 97.8 cm³/mol. The van der Waals surface area contributed by atoms with Crippen molar-refractivity contribution >= 4 is 27.5 Å². The Balaban J connectivity index is 1.87. The average Bonchev–Trinajstić information content (AvgIpc) is 2.56. The molecule has 4 nitrogen and oxygen atoms in total. The Kier molecular flexibility index (Phi) is 4.81. The van der Waals surface area contributed by atoms with Crippen LogP contribution < -0.4 is 14.8 Å². The van der Waals surface area contributed by atoms with Crippen LogP contribution in [0.2, 0.25) is 0 Å². The molecule has 1 fully saturated rings. The monoisotopic (exact) mass is 389 g/mol. The van der Waals surface area contributed by atoms with Gasteiger partial charge in [0.15, 0.2) is 0 Å². The molecule has 0 aliphatic heterocycles. The summed E-state index contributed by atoms with van der Waals surface area (Å²) in [5.41, 5.74) is 1.26. The molecule has 0 bridgehead atoms. The van der Waals surface area contributed by atoms with Crippen LogP contribution in [0.3, 0.4) is 0 Å². The fourth-order valence-electron chi connectivity index (χ4n) is 3.09. The second-order valence-corrected chi connectivity index (χ2v) is 6.88. The van der Waals surface area contributed by atoms with Gasteiger partial charge in [0.1, 0.15) is 11.5 Å². The summed E-state index contributed by atoms with van der Waals surface area (Å²) in [6, 6.07) is 13.4. The van der Waals surface area contributed by atoms with Crippen molar-refractivity contribution in [1.29, 1.82) is 0 Å². The van der Waals surface area contributed by atoms with E-state index in [-0.39, 0.29) is 5.91 Å². The van der Waals surface area contributed by atoms with Crippen LogP contribution in [-0.2, 0) is 10.2 Å². The Bertz CT molecular complexity index is 739. The molecule has 0 saturated heterocycles. The number of benzene rings is 2. The first-order valence-electron chi connectivity index (χ1n) is 7.88. The van der Waals surface area contributed by atoms with Gasteiger partial charge in [-0.1, -0.05) is 34.5 Å². The molecule has 1 aliphatic rings. The van der Waals surface area contributed by atoms with Crippen LogP contribution in [0, 0.1) is 0 Å². The van der Waals surface area contributed by atoms with Crippen LogP contribution in [0.15, 0.2) is 46.9 Å². The highest BCUT2D eigenvalue weighted by molar-refractivity contribution is 9.10. The van der Waals surface area contributed by atoms with Gasteiger partial charge >= 0.3 is 0 Å². The summed E-state index contributed by atoms with van der Waals surface area (Å²) in [6.07, 6.45) is 2.78. The van der Waals surface area contributed by atoms with Gasteiger partial charge in [0.25, 0.3) is 0 Å². The van der Waals surface area contributed by atoms with E-state index in [1.54, 1.807) is 20.3 Å². The van der Waals surface area contributed by atoms with E-state index in [4.69, 9.17) is 9.47 Å². The maximum absolute atomic E-state index is 13.0. The number of anilines is 1. The molecule has 1 N–H and O–H groups in total. The topological polar surface area (TPSA) is 47.6 Å². The molecule has 24 heavy (non-hydrogen) atoms. The van der Waals surface area contributed by atoms with Gasteiger partial charge < -0.3 is 14.8 Å². The zero-order valence-electron chi connectivity index (χ0n) is 13.8. The molecule has 2 aromatic carbocycles. The zero-order valence-corrected chi connectivity index (χ0v) is 15.4. The van der Waals surface area contributed by atoms with Crippen LogP contribution in [0.5, 0.6) is 11.5 Å². The summed E-state index contributed by atoms with van der Waals surface area (Å²) >= 11 is 3.45. The van der Waals surface area contributed by atoms with E-state index in [0.717, 1.165) is 29.3 Å². The van der Waals surface area contributed by atoms with Crippen molar-refractivity contribution in [3.63, 3.8) is 0 Å². The number of carbonyl (C=O) groups excluding carboxylic acids is 1. The summed E-state index contributed by atoms with van der Waals surface area (Å²) in [6.45, 7) is 0. The van der Waals surface area contributed by atoms with E-state index in [0.29, 0.717) is 17.2 Å². The Labute approximate surface area is 150 Å². The van der Waals surface area contributed by atoms with Crippen molar-refractivity contribution in [2.75, 3.05) is 19.5 Å². The molecule has 1 amide bonds. The third kappa shape index (κ3) is 3.00. The van der Waals surface area contributed by atoms with Gasteiger partial charge in [0.2, 0.25) is 5.91 Å². The van der Waals surface area contributed by atoms with Crippen LogP contribution in [-0.4, -0.2) is 20.1 Å². The van der Waals surface area contributed by atoms with E-state index in [1.807, 2.05) is 36.4 Å². The van der Waals surface area contributed by atoms with Gasteiger partial charge in [-0.25, -0.2) is 0 Å². The van der Waals surface area contributed by atoms with E-state index < -0.39 is 5.41 Å². The second kappa shape index (κ2) is 6.85. The maximum atomic E-state index is 13.0. The van der Waals surface area contributed by atoms with Crippen LogP contribution in [0.25, 0.3) is 0 Å². The molecule has 1 saturated carbocycles. The van der Waals surface area contributed by atoms with E-state index in [2.05, 4.69) is 21.2 Å². The summed E-state index contributed by atoms with van der Waals surface area (Å²) in [4.78, 5) is 13.0. The Morgan fingerprint density at radius 1 is 1.08 bits per heavy atom. The van der Waals surface area contributed by atoms with Crippen molar-refractivity contribution in [2.45, 2.75) is 24.7 Å². The number of amides is 1. The average molecular weight is 390 g/mol. The molecular formula is C19H20BrNO3. The van der Waals surface area contributed by atoms with Gasteiger partial charge in [-0.2, -0.15) is 0 Å². The van der Waals surface area contributed by atoms with E-state index >= 15 is 0 Å². The van der Waals surface area contributed by atoms with Crippen LogP contribution in [0.1, 0.15) is 24.8 Å². The number of methoxy groups -OCH3 is 2. The first kappa shape index (κ1) is 16.8. The lowest BCUT2D eigenvalue weighted by Crippen LogP contribution is -2.46. The molecular weight excluding hydrogens is 370 g/mol. The molecule has 126 valence electrons. The van der Waals surface area contributed by atoms with E-state index in [1.165, 1.54) is 0 Å². The van der Waals surface area contributed by atoms with Crippen molar-refractivity contribution in [1.82, 2.24) is 0 Å². The highest BCUT2D eigenvalue weighted by Gasteiger charge is 2.45. The lowest BCUT2D eigenvalue weighted by atomic mass is 9.64. The van der Waals surface area contributed by atoms with Crippen molar-refractivity contribution in [2.24, 2.45) is 0 Å².